The molecule has 2 aromatic rings. The van der Waals surface area contributed by atoms with Crippen molar-refractivity contribution in [1.82, 2.24) is 20.3 Å². The molecule has 6 nitrogen and oxygen atoms in total. The highest BCUT2D eigenvalue weighted by Gasteiger charge is 2.13. The van der Waals surface area contributed by atoms with Crippen molar-refractivity contribution in [2.75, 3.05) is 6.61 Å². The average Bonchev–Trinajstić information content (AvgIpc) is 2.96. The van der Waals surface area contributed by atoms with Gasteiger partial charge in [0.05, 0.1) is 11.9 Å². The van der Waals surface area contributed by atoms with Crippen LogP contribution in [0.1, 0.15) is 30.3 Å². The van der Waals surface area contributed by atoms with Gasteiger partial charge in [-0.2, -0.15) is 0 Å². The standard InChI is InChI=1S/C14H18N4O2/c1-11(6-5-9-19)15-14(20)13-10-18(17-16-13)12-7-3-2-4-8-12/h2-4,7-8,10-11,19H,5-6,9H2,1H3,(H,15,20). The Morgan fingerprint density at radius 2 is 2.15 bits per heavy atom. The summed E-state index contributed by atoms with van der Waals surface area (Å²) in [6, 6.07) is 9.48. The summed E-state index contributed by atoms with van der Waals surface area (Å²) in [7, 11) is 0. The number of carbonyl (C=O) groups is 1. The summed E-state index contributed by atoms with van der Waals surface area (Å²) in [5.41, 5.74) is 1.14. The molecule has 0 saturated carbocycles. The fourth-order valence-corrected chi connectivity index (χ4v) is 1.84. The van der Waals surface area contributed by atoms with Gasteiger partial charge in [0.2, 0.25) is 0 Å². The summed E-state index contributed by atoms with van der Waals surface area (Å²) in [6.07, 6.45) is 3.00. The molecule has 1 heterocycles. The van der Waals surface area contributed by atoms with Crippen LogP contribution in [0.15, 0.2) is 36.5 Å². The second-order valence-corrected chi connectivity index (χ2v) is 4.62. The van der Waals surface area contributed by atoms with Gasteiger partial charge >= 0.3 is 0 Å². The van der Waals surface area contributed by atoms with E-state index in [1.165, 1.54) is 0 Å². The minimum Gasteiger partial charge on any atom is -0.396 e. The highest BCUT2D eigenvalue weighted by atomic mass is 16.3. The predicted molar refractivity (Wildman–Crippen MR) is 74.6 cm³/mol. The fraction of sp³-hybridized carbons (Fsp3) is 0.357. The third kappa shape index (κ3) is 3.64. The summed E-state index contributed by atoms with van der Waals surface area (Å²) >= 11 is 0. The van der Waals surface area contributed by atoms with E-state index in [4.69, 9.17) is 5.11 Å². The van der Waals surface area contributed by atoms with E-state index in [1.54, 1.807) is 10.9 Å². The highest BCUT2D eigenvalue weighted by Crippen LogP contribution is 2.06. The smallest absolute Gasteiger partial charge is 0.273 e. The molecule has 1 unspecified atom stereocenters. The minimum absolute atomic E-state index is 0.00322. The van der Waals surface area contributed by atoms with E-state index in [2.05, 4.69) is 15.6 Å². The third-order valence-corrected chi connectivity index (χ3v) is 2.92. The van der Waals surface area contributed by atoms with Crippen molar-refractivity contribution < 1.29 is 9.90 Å². The molecule has 2 N–H and O–H groups in total. The van der Waals surface area contributed by atoms with E-state index in [1.807, 2.05) is 37.3 Å². The molecule has 1 atom stereocenters. The van der Waals surface area contributed by atoms with E-state index in [0.717, 1.165) is 12.1 Å². The molecule has 106 valence electrons. The van der Waals surface area contributed by atoms with E-state index in [-0.39, 0.29) is 24.2 Å². The average molecular weight is 274 g/mol. The minimum atomic E-state index is -0.252. The number of nitrogens with one attached hydrogen (secondary N) is 1. The van der Waals surface area contributed by atoms with Crippen molar-refractivity contribution in [2.24, 2.45) is 0 Å². The zero-order valence-electron chi connectivity index (χ0n) is 11.4. The number of hydrogen-bond acceptors (Lipinski definition) is 4. The third-order valence-electron chi connectivity index (χ3n) is 2.92. The first-order valence-electron chi connectivity index (χ1n) is 6.60. The molecule has 0 fully saturated rings. The van der Waals surface area contributed by atoms with Crippen molar-refractivity contribution in [3.63, 3.8) is 0 Å². The normalized spacial score (nSPS) is 12.1. The lowest BCUT2D eigenvalue weighted by Gasteiger charge is -2.11. The SMILES string of the molecule is CC(CCCO)NC(=O)c1cn(-c2ccccc2)nn1. The number of carbonyl (C=O) groups excluding carboxylic acids is 1. The molecule has 0 spiro atoms. The summed E-state index contributed by atoms with van der Waals surface area (Å²) in [5, 5.41) is 19.4. The topological polar surface area (TPSA) is 80.0 Å². The van der Waals surface area contributed by atoms with Gasteiger partial charge in [0.1, 0.15) is 0 Å². The van der Waals surface area contributed by atoms with Crippen molar-refractivity contribution in [3.05, 3.63) is 42.2 Å². The Morgan fingerprint density at radius 3 is 2.85 bits per heavy atom. The van der Waals surface area contributed by atoms with Crippen LogP contribution in [0.25, 0.3) is 5.69 Å². The first-order chi connectivity index (χ1) is 9.70. The van der Waals surface area contributed by atoms with Crippen LogP contribution in [0.2, 0.25) is 0 Å². The number of rotatable bonds is 6. The van der Waals surface area contributed by atoms with E-state index >= 15 is 0 Å². The van der Waals surface area contributed by atoms with Crippen molar-refractivity contribution in [1.29, 1.82) is 0 Å². The maximum Gasteiger partial charge on any atom is 0.273 e. The molecule has 1 aromatic carbocycles. The molecule has 0 radical (unpaired) electrons. The van der Waals surface area contributed by atoms with E-state index in [0.29, 0.717) is 6.42 Å². The quantitative estimate of drug-likeness (QED) is 0.828. The van der Waals surface area contributed by atoms with Gasteiger partial charge < -0.3 is 10.4 Å². The van der Waals surface area contributed by atoms with Crippen LogP contribution in [0, 0.1) is 0 Å². The lowest BCUT2D eigenvalue weighted by molar-refractivity contribution is 0.0931. The Balaban J connectivity index is 2.00. The fourth-order valence-electron chi connectivity index (χ4n) is 1.84. The molecule has 0 bridgehead atoms. The Morgan fingerprint density at radius 1 is 1.40 bits per heavy atom. The number of hydrogen-bond donors (Lipinski definition) is 2. The Kier molecular flexibility index (Phi) is 4.84. The maximum atomic E-state index is 12.0. The van der Waals surface area contributed by atoms with E-state index < -0.39 is 0 Å². The number of aromatic nitrogens is 3. The van der Waals surface area contributed by atoms with Crippen LogP contribution in [0.3, 0.4) is 0 Å². The first kappa shape index (κ1) is 14.2. The second kappa shape index (κ2) is 6.81. The van der Waals surface area contributed by atoms with Crippen molar-refractivity contribution >= 4 is 5.91 Å². The first-order valence-corrected chi connectivity index (χ1v) is 6.60. The molecular weight excluding hydrogens is 256 g/mol. The zero-order valence-corrected chi connectivity index (χ0v) is 11.4. The number of para-hydroxylation sites is 1. The number of benzene rings is 1. The molecule has 0 saturated heterocycles. The van der Waals surface area contributed by atoms with Gasteiger partial charge in [-0.3, -0.25) is 4.79 Å². The van der Waals surface area contributed by atoms with Gasteiger partial charge in [0.25, 0.3) is 5.91 Å². The predicted octanol–water partition coefficient (Wildman–Crippen LogP) is 1.16. The zero-order chi connectivity index (χ0) is 14.4. The summed E-state index contributed by atoms with van der Waals surface area (Å²) < 4.78 is 1.56. The molecule has 0 aliphatic heterocycles. The number of nitrogens with zero attached hydrogens (tertiary/aromatic N) is 3. The van der Waals surface area contributed by atoms with Crippen LogP contribution >= 0.6 is 0 Å². The molecule has 1 amide bonds. The highest BCUT2D eigenvalue weighted by molar-refractivity contribution is 5.92. The second-order valence-electron chi connectivity index (χ2n) is 4.62. The van der Waals surface area contributed by atoms with Gasteiger partial charge in [-0.1, -0.05) is 23.4 Å². The lowest BCUT2D eigenvalue weighted by Crippen LogP contribution is -2.32. The number of aliphatic hydroxyl groups is 1. The van der Waals surface area contributed by atoms with Gasteiger partial charge in [-0.05, 0) is 31.9 Å². The Bertz CT molecular complexity index is 553. The lowest BCUT2D eigenvalue weighted by atomic mass is 10.2. The van der Waals surface area contributed by atoms with Crippen LogP contribution < -0.4 is 5.32 Å². The van der Waals surface area contributed by atoms with Crippen molar-refractivity contribution in [3.8, 4) is 5.69 Å². The van der Waals surface area contributed by atoms with Crippen LogP contribution in [0.5, 0.6) is 0 Å². The monoisotopic (exact) mass is 274 g/mol. The molecule has 0 aliphatic rings. The Hall–Kier alpha value is -2.21. The van der Waals surface area contributed by atoms with Gasteiger partial charge in [0, 0.05) is 12.6 Å². The van der Waals surface area contributed by atoms with Gasteiger partial charge in [0.15, 0.2) is 5.69 Å². The van der Waals surface area contributed by atoms with Crippen molar-refractivity contribution in [2.45, 2.75) is 25.8 Å². The van der Waals surface area contributed by atoms with E-state index in [9.17, 15) is 4.79 Å². The van der Waals surface area contributed by atoms with Crippen LogP contribution in [-0.4, -0.2) is 38.7 Å². The molecule has 20 heavy (non-hydrogen) atoms. The molecule has 0 aliphatic carbocycles. The molecule has 1 aromatic heterocycles. The molecule has 2 rings (SSSR count). The van der Waals surface area contributed by atoms with Crippen LogP contribution in [0.4, 0.5) is 0 Å². The number of aliphatic hydroxyl groups excluding tert-OH is 1. The van der Waals surface area contributed by atoms with Crippen LogP contribution in [-0.2, 0) is 0 Å². The maximum absolute atomic E-state index is 12.0. The summed E-state index contributed by atoms with van der Waals surface area (Å²) in [5.74, 6) is -0.252. The van der Waals surface area contributed by atoms with Gasteiger partial charge in [-0.15, -0.1) is 5.10 Å². The Labute approximate surface area is 117 Å². The summed E-state index contributed by atoms with van der Waals surface area (Å²) in [4.78, 5) is 12.0. The molecular formula is C14H18N4O2. The summed E-state index contributed by atoms with van der Waals surface area (Å²) in [6.45, 7) is 2.03. The largest absolute Gasteiger partial charge is 0.396 e. The van der Waals surface area contributed by atoms with Gasteiger partial charge in [-0.25, -0.2) is 4.68 Å². The number of amides is 1. The molecule has 6 heteroatoms.